The maximum absolute atomic E-state index is 11.0. The van der Waals surface area contributed by atoms with Gasteiger partial charge < -0.3 is 5.11 Å². The van der Waals surface area contributed by atoms with Crippen molar-refractivity contribution in [1.29, 1.82) is 0 Å². The molecular formula is C13H22O2. The lowest BCUT2D eigenvalue weighted by molar-refractivity contribution is -0.117. The second kappa shape index (κ2) is 5.45. The van der Waals surface area contributed by atoms with E-state index in [1.165, 1.54) is 0 Å². The van der Waals surface area contributed by atoms with Gasteiger partial charge in [-0.1, -0.05) is 25.5 Å². The Morgan fingerprint density at radius 3 is 2.87 bits per heavy atom. The van der Waals surface area contributed by atoms with Crippen molar-refractivity contribution in [3.63, 3.8) is 0 Å². The highest BCUT2D eigenvalue weighted by atomic mass is 16.3. The molecule has 1 aliphatic rings. The molecule has 2 heteroatoms. The van der Waals surface area contributed by atoms with E-state index in [1.54, 1.807) is 0 Å². The lowest BCUT2D eigenvalue weighted by atomic mass is 9.95. The Kier molecular flexibility index (Phi) is 4.52. The van der Waals surface area contributed by atoms with Crippen LogP contribution in [0.3, 0.4) is 0 Å². The fourth-order valence-electron chi connectivity index (χ4n) is 2.16. The van der Waals surface area contributed by atoms with Crippen molar-refractivity contribution >= 4 is 5.78 Å². The average Bonchev–Trinajstić information content (AvgIpc) is 2.51. The van der Waals surface area contributed by atoms with Gasteiger partial charge >= 0.3 is 0 Å². The van der Waals surface area contributed by atoms with Gasteiger partial charge in [-0.2, -0.15) is 0 Å². The van der Waals surface area contributed by atoms with E-state index in [9.17, 15) is 9.90 Å². The number of ketones is 1. The molecule has 2 nitrogen and oxygen atoms in total. The minimum Gasteiger partial charge on any atom is -0.390 e. The van der Waals surface area contributed by atoms with Crippen molar-refractivity contribution in [2.24, 2.45) is 5.92 Å². The van der Waals surface area contributed by atoms with Gasteiger partial charge in [0, 0.05) is 12.8 Å². The topological polar surface area (TPSA) is 37.3 Å². The van der Waals surface area contributed by atoms with E-state index < -0.39 is 5.60 Å². The molecule has 86 valence electrons. The van der Waals surface area contributed by atoms with Gasteiger partial charge in [0.25, 0.3) is 0 Å². The van der Waals surface area contributed by atoms with E-state index in [2.05, 4.69) is 13.0 Å². The summed E-state index contributed by atoms with van der Waals surface area (Å²) in [5.41, 5.74) is -0.576. The number of Topliss-reactive ketones (excluding diaryl/α,β-unsaturated/α-hetero) is 1. The standard InChI is InChI=1S/C13H22O2/c1-3-8-13(2,15)9-4-5-11-6-7-12(14)10-11/h4-5,11,15H,3,6-10H2,1-2H3/b5-4+. The second-order valence-corrected chi connectivity index (χ2v) is 4.92. The SMILES string of the molecule is CCCC(C)(O)C/C=C/C1CCC(=O)C1. The van der Waals surface area contributed by atoms with Gasteiger partial charge in [-0.3, -0.25) is 4.79 Å². The molecule has 1 fully saturated rings. The van der Waals surface area contributed by atoms with Crippen molar-refractivity contribution in [3.8, 4) is 0 Å². The molecule has 0 aliphatic heterocycles. The third kappa shape index (κ3) is 4.61. The van der Waals surface area contributed by atoms with Crippen LogP contribution in [0.4, 0.5) is 0 Å². The second-order valence-electron chi connectivity index (χ2n) is 4.92. The van der Waals surface area contributed by atoms with Crippen molar-refractivity contribution in [1.82, 2.24) is 0 Å². The van der Waals surface area contributed by atoms with Crippen LogP contribution in [-0.4, -0.2) is 16.5 Å². The highest BCUT2D eigenvalue weighted by molar-refractivity contribution is 5.80. The van der Waals surface area contributed by atoms with Crippen LogP contribution < -0.4 is 0 Å². The molecule has 0 spiro atoms. The van der Waals surface area contributed by atoms with Crippen molar-refractivity contribution in [2.45, 2.75) is 58.0 Å². The Morgan fingerprint density at radius 1 is 1.60 bits per heavy atom. The van der Waals surface area contributed by atoms with Crippen LogP contribution in [-0.2, 0) is 4.79 Å². The molecule has 15 heavy (non-hydrogen) atoms. The number of hydrogen-bond donors (Lipinski definition) is 1. The van der Waals surface area contributed by atoms with Crippen LogP contribution in [0.1, 0.15) is 52.4 Å². The van der Waals surface area contributed by atoms with Crippen molar-refractivity contribution in [2.75, 3.05) is 0 Å². The lowest BCUT2D eigenvalue weighted by Gasteiger charge is -2.20. The van der Waals surface area contributed by atoms with Crippen LogP contribution in [0, 0.1) is 5.92 Å². The van der Waals surface area contributed by atoms with E-state index in [-0.39, 0.29) is 0 Å². The summed E-state index contributed by atoms with van der Waals surface area (Å²) >= 11 is 0. The Balaban J connectivity index is 2.29. The van der Waals surface area contributed by atoms with E-state index in [1.807, 2.05) is 13.0 Å². The monoisotopic (exact) mass is 210 g/mol. The molecule has 2 unspecified atom stereocenters. The fourth-order valence-corrected chi connectivity index (χ4v) is 2.16. The number of aliphatic hydroxyl groups is 1. The predicted octanol–water partition coefficient (Wildman–Crippen LogP) is 2.85. The molecular weight excluding hydrogens is 188 g/mol. The highest BCUT2D eigenvalue weighted by Crippen LogP contribution is 2.24. The van der Waals surface area contributed by atoms with Gasteiger partial charge in [0.15, 0.2) is 0 Å². The molecule has 0 amide bonds. The molecule has 0 heterocycles. The summed E-state index contributed by atoms with van der Waals surface area (Å²) in [6.45, 7) is 3.95. The smallest absolute Gasteiger partial charge is 0.133 e. The van der Waals surface area contributed by atoms with E-state index >= 15 is 0 Å². The first-order valence-corrected chi connectivity index (χ1v) is 5.94. The lowest BCUT2D eigenvalue weighted by Crippen LogP contribution is -2.22. The minimum atomic E-state index is -0.576. The van der Waals surface area contributed by atoms with E-state index in [4.69, 9.17) is 0 Å². The van der Waals surface area contributed by atoms with E-state index in [0.717, 1.165) is 25.7 Å². The Hall–Kier alpha value is -0.630. The summed E-state index contributed by atoms with van der Waals surface area (Å²) in [6.07, 6.45) is 9.11. The van der Waals surface area contributed by atoms with Gasteiger partial charge in [0.05, 0.1) is 5.60 Å². The quantitative estimate of drug-likeness (QED) is 0.708. The molecule has 0 bridgehead atoms. The summed E-state index contributed by atoms with van der Waals surface area (Å²) in [5, 5.41) is 9.92. The first-order chi connectivity index (χ1) is 7.03. The van der Waals surface area contributed by atoms with Crippen molar-refractivity contribution < 1.29 is 9.90 Å². The summed E-state index contributed by atoms with van der Waals surface area (Å²) in [4.78, 5) is 11.0. The summed E-state index contributed by atoms with van der Waals surface area (Å²) < 4.78 is 0. The molecule has 1 N–H and O–H groups in total. The normalized spacial score (nSPS) is 26.1. The number of rotatable bonds is 5. The number of carbonyl (C=O) groups excluding carboxylic acids is 1. The largest absolute Gasteiger partial charge is 0.390 e. The van der Waals surface area contributed by atoms with Crippen LogP contribution >= 0.6 is 0 Å². The van der Waals surface area contributed by atoms with Crippen LogP contribution in [0.15, 0.2) is 12.2 Å². The predicted molar refractivity (Wildman–Crippen MR) is 61.6 cm³/mol. The summed E-state index contributed by atoms with van der Waals surface area (Å²) in [7, 11) is 0. The van der Waals surface area contributed by atoms with E-state index in [0.29, 0.717) is 24.5 Å². The molecule has 0 aromatic heterocycles. The Morgan fingerprint density at radius 2 is 2.33 bits per heavy atom. The molecule has 0 aromatic rings. The number of hydrogen-bond acceptors (Lipinski definition) is 2. The molecule has 1 aliphatic carbocycles. The zero-order valence-corrected chi connectivity index (χ0v) is 9.83. The third-order valence-electron chi connectivity index (χ3n) is 3.04. The first kappa shape index (κ1) is 12.4. The maximum atomic E-state index is 11.0. The Bertz CT molecular complexity index is 241. The van der Waals surface area contributed by atoms with Crippen LogP contribution in [0.2, 0.25) is 0 Å². The molecule has 0 saturated heterocycles. The summed E-state index contributed by atoms with van der Waals surface area (Å²) in [6, 6.07) is 0. The molecule has 1 saturated carbocycles. The van der Waals surface area contributed by atoms with Gasteiger partial charge in [0.1, 0.15) is 5.78 Å². The fraction of sp³-hybridized carbons (Fsp3) is 0.769. The molecule has 1 rings (SSSR count). The highest BCUT2D eigenvalue weighted by Gasteiger charge is 2.20. The molecule has 2 atom stereocenters. The van der Waals surface area contributed by atoms with Gasteiger partial charge in [0.2, 0.25) is 0 Å². The zero-order valence-electron chi connectivity index (χ0n) is 9.83. The van der Waals surface area contributed by atoms with Crippen LogP contribution in [0.25, 0.3) is 0 Å². The average molecular weight is 210 g/mol. The zero-order chi connectivity index (χ0) is 11.3. The van der Waals surface area contributed by atoms with Crippen LogP contribution in [0.5, 0.6) is 0 Å². The molecule has 0 aromatic carbocycles. The number of allylic oxidation sites excluding steroid dienone is 1. The van der Waals surface area contributed by atoms with Gasteiger partial charge in [-0.25, -0.2) is 0 Å². The van der Waals surface area contributed by atoms with Gasteiger partial charge in [-0.05, 0) is 32.1 Å². The Labute approximate surface area is 92.4 Å². The van der Waals surface area contributed by atoms with Crippen molar-refractivity contribution in [3.05, 3.63) is 12.2 Å². The number of carbonyl (C=O) groups is 1. The van der Waals surface area contributed by atoms with Gasteiger partial charge in [-0.15, -0.1) is 0 Å². The summed E-state index contributed by atoms with van der Waals surface area (Å²) in [5.74, 6) is 0.805. The minimum absolute atomic E-state index is 0.380. The molecule has 0 radical (unpaired) electrons. The first-order valence-electron chi connectivity index (χ1n) is 5.94. The maximum Gasteiger partial charge on any atom is 0.133 e. The third-order valence-corrected chi connectivity index (χ3v) is 3.04.